The van der Waals surface area contributed by atoms with Crippen molar-refractivity contribution in [1.82, 2.24) is 19.8 Å². The molecule has 1 atom stereocenters. The van der Waals surface area contributed by atoms with Gasteiger partial charge < -0.3 is 9.64 Å². The Labute approximate surface area is 154 Å². The van der Waals surface area contributed by atoms with Crippen LogP contribution in [-0.4, -0.2) is 58.0 Å². The predicted octanol–water partition coefficient (Wildman–Crippen LogP) is 2.61. The molecule has 1 saturated heterocycles. The first kappa shape index (κ1) is 18.1. The fraction of sp³-hybridized carbons (Fsp3) is 0.421. The van der Waals surface area contributed by atoms with Crippen LogP contribution in [0.15, 0.2) is 42.6 Å². The molecule has 0 radical (unpaired) electrons. The number of piperazine rings is 1. The van der Waals surface area contributed by atoms with E-state index >= 15 is 0 Å². The molecule has 3 rings (SSSR count). The molecule has 0 spiro atoms. The summed E-state index contributed by atoms with van der Waals surface area (Å²) >= 11 is 0. The second-order valence-corrected chi connectivity index (χ2v) is 6.33. The zero-order valence-corrected chi connectivity index (χ0v) is 15.3. The van der Waals surface area contributed by atoms with E-state index in [1.807, 2.05) is 35.2 Å². The molecule has 2 amide bonds. The highest BCUT2D eigenvalue weighted by atomic mass is 16.5. The van der Waals surface area contributed by atoms with E-state index in [2.05, 4.69) is 34.0 Å². The number of rotatable bonds is 5. The Bertz CT molecular complexity index is 725. The van der Waals surface area contributed by atoms with Gasteiger partial charge >= 0.3 is 6.03 Å². The Hall–Kier alpha value is -2.67. The first-order valence-corrected chi connectivity index (χ1v) is 8.95. The number of carbonyl (C=O) groups excluding carboxylic acids is 1. The van der Waals surface area contributed by atoms with Crippen LogP contribution >= 0.6 is 0 Å². The monoisotopic (exact) mass is 355 g/mol. The van der Waals surface area contributed by atoms with Crippen molar-refractivity contribution < 1.29 is 9.53 Å². The maximum atomic E-state index is 12.6. The Kier molecular flexibility index (Phi) is 6.01. The van der Waals surface area contributed by atoms with E-state index in [0.29, 0.717) is 11.6 Å². The summed E-state index contributed by atoms with van der Waals surface area (Å²) < 4.78 is 5.66. The van der Waals surface area contributed by atoms with Crippen molar-refractivity contribution in [1.29, 1.82) is 0 Å². The minimum Gasteiger partial charge on any atom is -0.486 e. The molecule has 1 aliphatic rings. The highest BCUT2D eigenvalue weighted by molar-refractivity contribution is 5.88. The maximum Gasteiger partial charge on any atom is 0.323 e. The number of hydrogen-bond acceptors (Lipinski definition) is 5. The average Bonchev–Trinajstić information content (AvgIpc) is 2.67. The number of amides is 2. The third-order valence-corrected chi connectivity index (χ3v) is 4.47. The smallest absolute Gasteiger partial charge is 0.323 e. The van der Waals surface area contributed by atoms with Gasteiger partial charge in [-0.05, 0) is 31.7 Å². The number of urea groups is 1. The van der Waals surface area contributed by atoms with Crippen LogP contribution in [0.3, 0.4) is 0 Å². The van der Waals surface area contributed by atoms with Crippen molar-refractivity contribution in [3.05, 3.63) is 48.4 Å². The van der Waals surface area contributed by atoms with Crippen LogP contribution in [0.4, 0.5) is 10.6 Å². The Morgan fingerprint density at radius 3 is 2.81 bits per heavy atom. The summed E-state index contributed by atoms with van der Waals surface area (Å²) in [6.07, 6.45) is 1.63. The van der Waals surface area contributed by atoms with Crippen molar-refractivity contribution in [3.63, 3.8) is 0 Å². The van der Waals surface area contributed by atoms with Gasteiger partial charge in [-0.2, -0.15) is 0 Å². The lowest BCUT2D eigenvalue weighted by Crippen LogP contribution is -2.55. The van der Waals surface area contributed by atoms with E-state index in [1.165, 1.54) is 0 Å². The van der Waals surface area contributed by atoms with Gasteiger partial charge in [0, 0.05) is 31.9 Å². The number of carbonyl (C=O) groups is 1. The third kappa shape index (κ3) is 4.70. The number of nitrogens with one attached hydrogen (secondary N) is 1. The number of aromatic nitrogens is 2. The molecule has 0 saturated carbocycles. The summed E-state index contributed by atoms with van der Waals surface area (Å²) in [4.78, 5) is 25.3. The summed E-state index contributed by atoms with van der Waals surface area (Å²) in [7, 11) is 0. The molecular weight excluding hydrogens is 330 g/mol. The molecule has 1 fully saturated rings. The van der Waals surface area contributed by atoms with Gasteiger partial charge in [-0.15, -0.1) is 0 Å². The highest BCUT2D eigenvalue weighted by Crippen LogP contribution is 2.13. The van der Waals surface area contributed by atoms with Crippen LogP contribution in [0.5, 0.6) is 5.75 Å². The van der Waals surface area contributed by atoms with E-state index in [0.717, 1.165) is 31.9 Å². The average molecular weight is 355 g/mol. The van der Waals surface area contributed by atoms with E-state index < -0.39 is 0 Å². The van der Waals surface area contributed by atoms with Crippen molar-refractivity contribution in [3.8, 4) is 5.75 Å². The molecule has 1 aromatic heterocycles. The zero-order valence-electron chi connectivity index (χ0n) is 15.3. The Morgan fingerprint density at radius 2 is 2.08 bits per heavy atom. The number of anilines is 1. The number of benzene rings is 1. The largest absolute Gasteiger partial charge is 0.486 e. The molecule has 0 bridgehead atoms. The molecule has 0 aliphatic carbocycles. The van der Waals surface area contributed by atoms with Gasteiger partial charge in [-0.3, -0.25) is 10.2 Å². The first-order chi connectivity index (χ1) is 12.7. The van der Waals surface area contributed by atoms with Crippen LogP contribution < -0.4 is 10.1 Å². The van der Waals surface area contributed by atoms with Gasteiger partial charge in [0.15, 0.2) is 5.82 Å². The summed E-state index contributed by atoms with van der Waals surface area (Å²) in [5.74, 6) is 1.77. The number of likely N-dealkylation sites (N-methyl/N-ethyl adjacent to an activating group) is 1. The molecule has 1 aromatic carbocycles. The van der Waals surface area contributed by atoms with Crippen molar-refractivity contribution in [2.75, 3.05) is 31.5 Å². The lowest BCUT2D eigenvalue weighted by molar-refractivity contribution is 0.112. The minimum atomic E-state index is -0.123. The van der Waals surface area contributed by atoms with E-state index in [4.69, 9.17) is 4.74 Å². The molecule has 1 unspecified atom stereocenters. The highest BCUT2D eigenvalue weighted by Gasteiger charge is 2.26. The zero-order chi connectivity index (χ0) is 18.4. The third-order valence-electron chi connectivity index (χ3n) is 4.47. The number of para-hydroxylation sites is 1. The lowest BCUT2D eigenvalue weighted by Gasteiger charge is -2.39. The van der Waals surface area contributed by atoms with Gasteiger partial charge in [0.1, 0.15) is 18.2 Å². The van der Waals surface area contributed by atoms with Gasteiger partial charge in [-0.1, -0.05) is 25.1 Å². The standard InChI is InChI=1S/C19H25N5O2/c1-3-23-11-12-24(15(2)13-23)19(25)22-17-9-10-20-18(21-17)14-26-16-7-5-4-6-8-16/h4-10,15H,3,11-14H2,1-2H3,(H,20,21,22,25). The second kappa shape index (κ2) is 8.62. The molecule has 26 heavy (non-hydrogen) atoms. The van der Waals surface area contributed by atoms with Crippen molar-refractivity contribution >= 4 is 11.8 Å². The quantitative estimate of drug-likeness (QED) is 0.893. The maximum absolute atomic E-state index is 12.6. The predicted molar refractivity (Wildman–Crippen MR) is 100 cm³/mol. The van der Waals surface area contributed by atoms with Gasteiger partial charge in [0.25, 0.3) is 0 Å². The molecule has 7 nitrogen and oxygen atoms in total. The molecule has 1 aliphatic heterocycles. The number of nitrogens with zero attached hydrogens (tertiary/aromatic N) is 4. The van der Waals surface area contributed by atoms with Gasteiger partial charge in [0.05, 0.1) is 0 Å². The number of ether oxygens (including phenoxy) is 1. The number of hydrogen-bond donors (Lipinski definition) is 1. The van der Waals surface area contributed by atoms with Gasteiger partial charge in [-0.25, -0.2) is 14.8 Å². The van der Waals surface area contributed by atoms with Crippen molar-refractivity contribution in [2.45, 2.75) is 26.5 Å². The summed E-state index contributed by atoms with van der Waals surface area (Å²) in [6.45, 7) is 7.98. The van der Waals surface area contributed by atoms with Crippen LogP contribution in [0.1, 0.15) is 19.7 Å². The fourth-order valence-corrected chi connectivity index (χ4v) is 3.01. The van der Waals surface area contributed by atoms with E-state index in [1.54, 1.807) is 12.3 Å². The molecule has 2 aromatic rings. The summed E-state index contributed by atoms with van der Waals surface area (Å²) in [6, 6.07) is 11.2. The van der Waals surface area contributed by atoms with Gasteiger partial charge in [0.2, 0.25) is 0 Å². The minimum absolute atomic E-state index is 0.123. The first-order valence-electron chi connectivity index (χ1n) is 8.95. The van der Waals surface area contributed by atoms with E-state index in [-0.39, 0.29) is 18.7 Å². The summed E-state index contributed by atoms with van der Waals surface area (Å²) in [5, 5.41) is 2.88. The Balaban J connectivity index is 1.57. The van der Waals surface area contributed by atoms with Crippen molar-refractivity contribution in [2.24, 2.45) is 0 Å². The summed E-state index contributed by atoms with van der Waals surface area (Å²) in [5.41, 5.74) is 0. The van der Waals surface area contributed by atoms with Crippen LogP contribution in [0.25, 0.3) is 0 Å². The Morgan fingerprint density at radius 1 is 1.27 bits per heavy atom. The SMILES string of the molecule is CCN1CCN(C(=O)Nc2ccnc(COc3ccccc3)n2)C(C)C1. The normalized spacial score (nSPS) is 17.8. The van der Waals surface area contributed by atoms with E-state index in [9.17, 15) is 4.79 Å². The van der Waals surface area contributed by atoms with Crippen LogP contribution in [0, 0.1) is 0 Å². The molecular formula is C19H25N5O2. The topological polar surface area (TPSA) is 70.6 Å². The lowest BCUT2D eigenvalue weighted by atomic mass is 10.2. The van der Waals surface area contributed by atoms with Crippen LogP contribution in [-0.2, 0) is 6.61 Å². The molecule has 1 N–H and O–H groups in total. The van der Waals surface area contributed by atoms with Crippen LogP contribution in [0.2, 0.25) is 0 Å². The fourth-order valence-electron chi connectivity index (χ4n) is 3.01. The molecule has 7 heteroatoms. The molecule has 138 valence electrons. The molecule has 2 heterocycles. The second-order valence-electron chi connectivity index (χ2n) is 6.33.